The number of rotatable bonds is 5. The van der Waals surface area contributed by atoms with Crippen LogP contribution in [0.2, 0.25) is 0 Å². The molecule has 0 spiro atoms. The van der Waals surface area contributed by atoms with Gasteiger partial charge < -0.3 is 24.8 Å². The topological polar surface area (TPSA) is 77.5 Å². The third-order valence-electron chi connectivity index (χ3n) is 4.01. The number of aromatic nitrogens is 2. The molecule has 1 aliphatic rings. The van der Waals surface area contributed by atoms with Gasteiger partial charge in [-0.25, -0.2) is 4.98 Å². The molecule has 0 atom stereocenters. The normalized spacial score (nSPS) is 12.4. The van der Waals surface area contributed by atoms with E-state index in [0.29, 0.717) is 25.0 Å². The van der Waals surface area contributed by atoms with E-state index in [1.54, 1.807) is 7.11 Å². The maximum Gasteiger partial charge on any atom is 0.229 e. The highest BCUT2D eigenvalue weighted by Crippen LogP contribution is 2.33. The molecule has 2 heterocycles. The summed E-state index contributed by atoms with van der Waals surface area (Å²) in [4.78, 5) is 9.00. The molecule has 0 amide bonds. The zero-order valence-corrected chi connectivity index (χ0v) is 15.2. The minimum absolute atomic E-state index is 0.502. The van der Waals surface area contributed by atoms with E-state index in [9.17, 15) is 0 Å². The molecule has 0 fully saturated rings. The van der Waals surface area contributed by atoms with Crippen LogP contribution in [0.5, 0.6) is 17.2 Å². The van der Waals surface area contributed by atoms with Gasteiger partial charge in [-0.2, -0.15) is 4.98 Å². The molecule has 0 aliphatic carbocycles. The summed E-state index contributed by atoms with van der Waals surface area (Å²) in [7, 11) is 1.64. The minimum atomic E-state index is 0.502. The van der Waals surface area contributed by atoms with Gasteiger partial charge in [-0.05, 0) is 43.3 Å². The van der Waals surface area contributed by atoms with Crippen molar-refractivity contribution in [2.24, 2.45) is 0 Å². The van der Waals surface area contributed by atoms with Crippen molar-refractivity contribution >= 4 is 23.1 Å². The summed E-state index contributed by atoms with van der Waals surface area (Å²) in [6.45, 7) is 3.05. The Morgan fingerprint density at radius 1 is 0.852 bits per heavy atom. The first-order valence-corrected chi connectivity index (χ1v) is 8.63. The Morgan fingerprint density at radius 2 is 1.59 bits per heavy atom. The molecule has 138 valence electrons. The summed E-state index contributed by atoms with van der Waals surface area (Å²) in [6.07, 6.45) is 0. The fourth-order valence-corrected chi connectivity index (χ4v) is 2.76. The van der Waals surface area contributed by atoms with Gasteiger partial charge in [-0.3, -0.25) is 0 Å². The van der Waals surface area contributed by atoms with E-state index in [1.807, 2.05) is 55.5 Å². The Morgan fingerprint density at radius 3 is 2.37 bits per heavy atom. The SMILES string of the molecule is COc1ccc(Nc2cc(C)nc(Nc3ccc4c(c3)OCCO4)n2)cc1. The van der Waals surface area contributed by atoms with Gasteiger partial charge in [0, 0.05) is 29.2 Å². The maximum absolute atomic E-state index is 5.62. The van der Waals surface area contributed by atoms with Gasteiger partial charge in [-0.1, -0.05) is 0 Å². The van der Waals surface area contributed by atoms with Crippen molar-refractivity contribution in [3.63, 3.8) is 0 Å². The third kappa shape index (κ3) is 4.03. The lowest BCUT2D eigenvalue weighted by Crippen LogP contribution is -2.15. The molecule has 0 bridgehead atoms. The van der Waals surface area contributed by atoms with Crippen molar-refractivity contribution in [3.8, 4) is 17.2 Å². The van der Waals surface area contributed by atoms with E-state index in [1.165, 1.54) is 0 Å². The highest BCUT2D eigenvalue weighted by molar-refractivity contribution is 5.63. The van der Waals surface area contributed by atoms with Crippen molar-refractivity contribution in [2.75, 3.05) is 31.0 Å². The zero-order chi connectivity index (χ0) is 18.6. The molecule has 2 N–H and O–H groups in total. The van der Waals surface area contributed by atoms with E-state index in [0.717, 1.165) is 34.3 Å². The smallest absolute Gasteiger partial charge is 0.229 e. The number of hydrogen-bond acceptors (Lipinski definition) is 7. The number of fused-ring (bicyclic) bond motifs is 1. The first kappa shape index (κ1) is 17.0. The molecule has 27 heavy (non-hydrogen) atoms. The first-order chi connectivity index (χ1) is 13.2. The number of anilines is 4. The van der Waals surface area contributed by atoms with Crippen LogP contribution >= 0.6 is 0 Å². The van der Waals surface area contributed by atoms with E-state index < -0.39 is 0 Å². The molecule has 7 heteroatoms. The van der Waals surface area contributed by atoms with Crippen molar-refractivity contribution in [1.82, 2.24) is 9.97 Å². The molecule has 0 unspecified atom stereocenters. The molecule has 0 saturated heterocycles. The zero-order valence-electron chi connectivity index (χ0n) is 15.2. The maximum atomic E-state index is 5.62. The summed E-state index contributed by atoms with van der Waals surface area (Å²) >= 11 is 0. The number of methoxy groups -OCH3 is 1. The second-order valence-electron chi connectivity index (χ2n) is 6.06. The van der Waals surface area contributed by atoms with Gasteiger partial charge in [0.25, 0.3) is 0 Å². The van der Waals surface area contributed by atoms with E-state index in [2.05, 4.69) is 20.6 Å². The van der Waals surface area contributed by atoms with Gasteiger partial charge in [0.05, 0.1) is 7.11 Å². The largest absolute Gasteiger partial charge is 0.497 e. The Kier molecular flexibility index (Phi) is 4.65. The summed E-state index contributed by atoms with van der Waals surface area (Å²) in [5.74, 6) is 3.48. The molecule has 4 rings (SSSR count). The van der Waals surface area contributed by atoms with E-state index in [-0.39, 0.29) is 0 Å². The lowest BCUT2D eigenvalue weighted by molar-refractivity contribution is 0.171. The standard InChI is InChI=1S/C20H20N4O3/c1-13-11-19(22-14-3-6-16(25-2)7-4-14)24-20(21-13)23-15-5-8-17-18(12-15)27-10-9-26-17/h3-8,11-12H,9-10H2,1-2H3,(H2,21,22,23,24). The van der Waals surface area contributed by atoms with Gasteiger partial charge in [0.2, 0.25) is 5.95 Å². The first-order valence-electron chi connectivity index (χ1n) is 8.63. The van der Waals surface area contributed by atoms with Crippen LogP contribution in [0, 0.1) is 6.92 Å². The molecule has 0 saturated carbocycles. The second-order valence-corrected chi connectivity index (χ2v) is 6.06. The van der Waals surface area contributed by atoms with Crippen molar-refractivity contribution < 1.29 is 14.2 Å². The fraction of sp³-hybridized carbons (Fsp3) is 0.200. The second kappa shape index (κ2) is 7.41. The van der Waals surface area contributed by atoms with Crippen molar-refractivity contribution in [1.29, 1.82) is 0 Å². The van der Waals surface area contributed by atoms with E-state index >= 15 is 0 Å². The highest BCUT2D eigenvalue weighted by Gasteiger charge is 2.12. The van der Waals surface area contributed by atoms with Crippen LogP contribution < -0.4 is 24.8 Å². The average Bonchev–Trinajstić information content (AvgIpc) is 2.68. The molecular weight excluding hydrogens is 344 g/mol. The third-order valence-corrected chi connectivity index (χ3v) is 4.01. The molecule has 2 aromatic carbocycles. The van der Waals surface area contributed by atoms with Crippen LogP contribution in [-0.4, -0.2) is 30.3 Å². The highest BCUT2D eigenvalue weighted by atomic mass is 16.6. The number of nitrogens with one attached hydrogen (secondary N) is 2. The van der Waals surface area contributed by atoms with Gasteiger partial charge >= 0.3 is 0 Å². The summed E-state index contributed by atoms with van der Waals surface area (Å²) in [5.41, 5.74) is 2.60. The summed E-state index contributed by atoms with van der Waals surface area (Å²) in [5, 5.41) is 6.50. The predicted octanol–water partition coefficient (Wildman–Crippen LogP) is 4.05. The van der Waals surface area contributed by atoms with Crippen LogP contribution in [0.15, 0.2) is 48.5 Å². The molecular formula is C20H20N4O3. The van der Waals surface area contributed by atoms with Crippen LogP contribution in [0.4, 0.5) is 23.1 Å². The summed E-state index contributed by atoms with van der Waals surface area (Å²) < 4.78 is 16.3. The number of aryl methyl sites for hydroxylation is 1. The Bertz CT molecular complexity index is 944. The predicted molar refractivity (Wildman–Crippen MR) is 104 cm³/mol. The average molecular weight is 364 g/mol. The molecule has 1 aliphatic heterocycles. The lowest BCUT2D eigenvalue weighted by Gasteiger charge is -2.19. The Balaban J connectivity index is 1.53. The molecule has 1 aromatic heterocycles. The molecule has 7 nitrogen and oxygen atoms in total. The minimum Gasteiger partial charge on any atom is -0.497 e. The lowest BCUT2D eigenvalue weighted by atomic mass is 10.2. The Labute approximate surface area is 157 Å². The van der Waals surface area contributed by atoms with Gasteiger partial charge in [0.1, 0.15) is 24.8 Å². The molecule has 0 radical (unpaired) electrons. The van der Waals surface area contributed by atoms with Crippen LogP contribution in [-0.2, 0) is 0 Å². The number of hydrogen-bond donors (Lipinski definition) is 2. The van der Waals surface area contributed by atoms with Crippen LogP contribution in [0.3, 0.4) is 0 Å². The number of ether oxygens (including phenoxy) is 3. The molecule has 3 aromatic rings. The Hall–Kier alpha value is -3.48. The fourth-order valence-electron chi connectivity index (χ4n) is 2.76. The number of benzene rings is 2. The van der Waals surface area contributed by atoms with Crippen molar-refractivity contribution in [2.45, 2.75) is 6.92 Å². The monoisotopic (exact) mass is 364 g/mol. The quantitative estimate of drug-likeness (QED) is 0.707. The van der Waals surface area contributed by atoms with Crippen molar-refractivity contribution in [3.05, 3.63) is 54.2 Å². The number of nitrogens with zero attached hydrogens (tertiary/aromatic N) is 2. The van der Waals surface area contributed by atoms with E-state index in [4.69, 9.17) is 14.2 Å². The van der Waals surface area contributed by atoms with Crippen LogP contribution in [0.25, 0.3) is 0 Å². The van der Waals surface area contributed by atoms with Gasteiger partial charge in [0.15, 0.2) is 11.5 Å². The van der Waals surface area contributed by atoms with Crippen LogP contribution in [0.1, 0.15) is 5.69 Å². The summed E-state index contributed by atoms with van der Waals surface area (Å²) in [6, 6.07) is 15.2. The van der Waals surface area contributed by atoms with Gasteiger partial charge in [-0.15, -0.1) is 0 Å².